The Kier molecular flexibility index (Phi) is 15.1. The molecule has 0 aromatic heterocycles. The van der Waals surface area contributed by atoms with Crippen molar-refractivity contribution in [3.63, 3.8) is 0 Å². The summed E-state index contributed by atoms with van der Waals surface area (Å²) in [4.78, 5) is 0. The molecule has 0 fully saturated rings. The van der Waals surface area contributed by atoms with Gasteiger partial charge in [0.2, 0.25) is 0 Å². The van der Waals surface area contributed by atoms with E-state index in [9.17, 15) is 5.11 Å². The normalized spacial score (nSPS) is 11.8. The molecule has 5 heteroatoms. The first kappa shape index (κ1) is 30.6. The van der Waals surface area contributed by atoms with E-state index in [1.54, 1.807) is 6.07 Å². The lowest BCUT2D eigenvalue weighted by molar-refractivity contribution is 0.0708. The van der Waals surface area contributed by atoms with Gasteiger partial charge in [-0.3, -0.25) is 0 Å². The van der Waals surface area contributed by atoms with E-state index in [4.69, 9.17) is 13.3 Å². The summed E-state index contributed by atoms with van der Waals surface area (Å²) in [7, 11) is -2.66. The average molecular weight is 515 g/mol. The van der Waals surface area contributed by atoms with Crippen molar-refractivity contribution in [3.8, 4) is 16.9 Å². The topological polar surface area (TPSA) is 47.9 Å². The van der Waals surface area contributed by atoms with E-state index in [1.807, 2.05) is 32.9 Å². The van der Waals surface area contributed by atoms with E-state index in [0.717, 1.165) is 30.9 Å². The minimum absolute atomic E-state index is 0.308. The molecule has 0 aliphatic rings. The standard InChI is InChI=1S/C31H50O4Si/c1-5-9-10-11-12-13-14-15-17-27-19-21-28(22-20-27)31-24-23-30(32)26-29(31)18-16-25-36(33-6-2,34-7-3)35-8-4/h19-24,26,32H,5-18,25H2,1-4H3. The predicted octanol–water partition coefficient (Wildman–Crippen LogP) is 8.72. The maximum atomic E-state index is 10.2. The summed E-state index contributed by atoms with van der Waals surface area (Å²) in [5, 5.41) is 10.2. The smallest absolute Gasteiger partial charge is 0.500 e. The van der Waals surface area contributed by atoms with Crippen molar-refractivity contribution in [2.45, 2.75) is 104 Å². The van der Waals surface area contributed by atoms with E-state index in [2.05, 4.69) is 31.2 Å². The molecule has 0 spiro atoms. The number of hydrogen-bond acceptors (Lipinski definition) is 4. The van der Waals surface area contributed by atoms with Crippen LogP contribution in [0.1, 0.15) is 96.6 Å². The molecule has 2 rings (SSSR count). The maximum absolute atomic E-state index is 10.2. The van der Waals surface area contributed by atoms with E-state index in [1.165, 1.54) is 68.1 Å². The van der Waals surface area contributed by atoms with Crippen molar-refractivity contribution in [3.05, 3.63) is 53.6 Å². The highest BCUT2D eigenvalue weighted by atomic mass is 28.4. The fourth-order valence-electron chi connectivity index (χ4n) is 4.88. The SMILES string of the molecule is CCCCCCCCCCc1ccc(-c2ccc(O)cc2CCC[Si](OCC)(OCC)OCC)cc1. The Balaban J connectivity index is 1.95. The summed E-state index contributed by atoms with van der Waals surface area (Å²) in [6.45, 7) is 10.0. The zero-order chi connectivity index (χ0) is 26.1. The van der Waals surface area contributed by atoms with Gasteiger partial charge in [-0.15, -0.1) is 0 Å². The van der Waals surface area contributed by atoms with Gasteiger partial charge in [0.1, 0.15) is 5.75 Å². The van der Waals surface area contributed by atoms with Crippen molar-refractivity contribution >= 4 is 8.80 Å². The Morgan fingerprint density at radius 3 is 1.81 bits per heavy atom. The van der Waals surface area contributed by atoms with Gasteiger partial charge in [-0.1, -0.05) is 82.2 Å². The molecule has 2 aromatic carbocycles. The van der Waals surface area contributed by atoms with E-state index in [-0.39, 0.29) is 0 Å². The lowest BCUT2D eigenvalue weighted by atomic mass is 9.95. The van der Waals surface area contributed by atoms with Gasteiger partial charge in [-0.2, -0.15) is 0 Å². The Morgan fingerprint density at radius 2 is 1.22 bits per heavy atom. The molecule has 0 aliphatic heterocycles. The van der Waals surface area contributed by atoms with E-state index >= 15 is 0 Å². The van der Waals surface area contributed by atoms with Gasteiger partial charge in [0.05, 0.1) is 0 Å². The summed E-state index contributed by atoms with van der Waals surface area (Å²) in [6, 6.07) is 15.5. The molecule has 0 aliphatic carbocycles. The molecule has 0 bridgehead atoms. The van der Waals surface area contributed by atoms with Crippen LogP contribution in [-0.4, -0.2) is 33.7 Å². The van der Waals surface area contributed by atoms with Crippen molar-refractivity contribution in [1.82, 2.24) is 0 Å². The fraction of sp³-hybridized carbons (Fsp3) is 0.613. The number of benzene rings is 2. The first-order chi connectivity index (χ1) is 17.6. The summed E-state index contributed by atoms with van der Waals surface area (Å²) >= 11 is 0. The molecule has 0 heterocycles. The third-order valence-corrected chi connectivity index (χ3v) is 9.85. The number of rotatable bonds is 20. The Labute approximate surface area is 221 Å². The summed E-state index contributed by atoms with van der Waals surface area (Å²) < 4.78 is 18.0. The third kappa shape index (κ3) is 10.8. The molecule has 1 N–H and O–H groups in total. The minimum atomic E-state index is -2.66. The second kappa shape index (κ2) is 17.7. The van der Waals surface area contributed by atoms with Crippen LogP contribution in [0.25, 0.3) is 11.1 Å². The average Bonchev–Trinajstić information content (AvgIpc) is 2.87. The van der Waals surface area contributed by atoms with Crippen LogP contribution >= 0.6 is 0 Å². The highest BCUT2D eigenvalue weighted by molar-refractivity contribution is 6.60. The largest absolute Gasteiger partial charge is 0.508 e. The van der Waals surface area contributed by atoms with Crippen LogP contribution < -0.4 is 0 Å². The number of phenols is 1. The van der Waals surface area contributed by atoms with Crippen molar-refractivity contribution in [2.75, 3.05) is 19.8 Å². The number of aryl methyl sites for hydroxylation is 2. The molecular formula is C31H50O4Si. The Hall–Kier alpha value is -1.66. The van der Waals surface area contributed by atoms with Crippen LogP contribution in [0.15, 0.2) is 42.5 Å². The molecule has 0 radical (unpaired) electrons. The predicted molar refractivity (Wildman–Crippen MR) is 154 cm³/mol. The molecule has 202 valence electrons. The molecule has 0 saturated carbocycles. The quantitative estimate of drug-likeness (QED) is 0.142. The van der Waals surface area contributed by atoms with Crippen LogP contribution in [0.4, 0.5) is 0 Å². The first-order valence-electron chi connectivity index (χ1n) is 14.4. The number of hydrogen-bond donors (Lipinski definition) is 1. The van der Waals surface area contributed by atoms with Crippen LogP contribution in [-0.2, 0) is 26.1 Å². The first-order valence-corrected chi connectivity index (χ1v) is 16.3. The van der Waals surface area contributed by atoms with Crippen LogP contribution in [0.3, 0.4) is 0 Å². The zero-order valence-corrected chi connectivity index (χ0v) is 24.3. The van der Waals surface area contributed by atoms with Crippen LogP contribution in [0, 0.1) is 0 Å². The van der Waals surface area contributed by atoms with Gasteiger partial charge < -0.3 is 18.4 Å². The highest BCUT2D eigenvalue weighted by Gasteiger charge is 2.39. The second-order valence-electron chi connectivity index (χ2n) is 9.60. The molecule has 4 nitrogen and oxygen atoms in total. The summed E-state index contributed by atoms with van der Waals surface area (Å²) in [5.74, 6) is 0.308. The van der Waals surface area contributed by atoms with Crippen molar-refractivity contribution < 1.29 is 18.4 Å². The Bertz CT molecular complexity index is 820. The van der Waals surface area contributed by atoms with Gasteiger partial charge in [-0.25, -0.2) is 0 Å². The molecule has 0 unspecified atom stereocenters. The highest BCUT2D eigenvalue weighted by Crippen LogP contribution is 2.30. The minimum Gasteiger partial charge on any atom is -0.508 e. The fourth-order valence-corrected chi connectivity index (χ4v) is 7.49. The maximum Gasteiger partial charge on any atom is 0.500 e. The third-order valence-electron chi connectivity index (χ3n) is 6.69. The van der Waals surface area contributed by atoms with Crippen LogP contribution in [0.5, 0.6) is 5.75 Å². The lowest BCUT2D eigenvalue weighted by Gasteiger charge is -2.28. The monoisotopic (exact) mass is 514 g/mol. The van der Waals surface area contributed by atoms with Gasteiger partial charge in [0.15, 0.2) is 0 Å². The summed E-state index contributed by atoms with van der Waals surface area (Å²) in [6.07, 6.45) is 13.7. The Morgan fingerprint density at radius 1 is 0.639 bits per heavy atom. The molecule has 0 amide bonds. The molecular weight excluding hydrogens is 464 g/mol. The van der Waals surface area contributed by atoms with Gasteiger partial charge in [0, 0.05) is 25.9 Å². The van der Waals surface area contributed by atoms with Gasteiger partial charge >= 0.3 is 8.80 Å². The lowest BCUT2D eigenvalue weighted by Crippen LogP contribution is -2.46. The van der Waals surface area contributed by atoms with E-state index < -0.39 is 8.80 Å². The van der Waals surface area contributed by atoms with Gasteiger partial charge in [-0.05, 0) is 80.8 Å². The molecule has 36 heavy (non-hydrogen) atoms. The van der Waals surface area contributed by atoms with Crippen LogP contribution in [0.2, 0.25) is 6.04 Å². The number of aromatic hydroxyl groups is 1. The number of phenolic OH excluding ortho intramolecular Hbond substituents is 1. The van der Waals surface area contributed by atoms with Gasteiger partial charge in [0.25, 0.3) is 0 Å². The second-order valence-corrected chi connectivity index (χ2v) is 12.3. The molecule has 0 saturated heterocycles. The van der Waals surface area contributed by atoms with Crippen molar-refractivity contribution in [1.29, 1.82) is 0 Å². The molecule has 0 atom stereocenters. The molecule has 2 aromatic rings. The van der Waals surface area contributed by atoms with E-state index in [0.29, 0.717) is 25.6 Å². The summed E-state index contributed by atoms with van der Waals surface area (Å²) in [5.41, 5.74) is 4.94. The number of unbranched alkanes of at least 4 members (excludes halogenated alkanes) is 7. The zero-order valence-electron chi connectivity index (χ0n) is 23.3. The van der Waals surface area contributed by atoms with Crippen molar-refractivity contribution in [2.24, 2.45) is 0 Å².